The van der Waals surface area contributed by atoms with Gasteiger partial charge in [0.25, 0.3) is 0 Å². The van der Waals surface area contributed by atoms with E-state index in [-0.39, 0.29) is 5.75 Å². The molecule has 3 rings (SSSR count). The van der Waals surface area contributed by atoms with Gasteiger partial charge in [0.2, 0.25) is 0 Å². The SMILES string of the molecule is CCOc1ccc2nc(Cl)c(C=Nc3ccccc3O)cc2c1. The molecule has 0 fully saturated rings. The number of halogens is 1. The molecule has 0 spiro atoms. The molecule has 0 amide bonds. The molecule has 1 heterocycles. The average molecular weight is 327 g/mol. The Kier molecular flexibility index (Phi) is 4.44. The molecule has 0 saturated heterocycles. The Morgan fingerprint density at radius 3 is 2.83 bits per heavy atom. The number of aliphatic imine (C=N–C) groups is 1. The van der Waals surface area contributed by atoms with E-state index < -0.39 is 0 Å². The fourth-order valence-electron chi connectivity index (χ4n) is 2.21. The summed E-state index contributed by atoms with van der Waals surface area (Å²) in [7, 11) is 0. The van der Waals surface area contributed by atoms with E-state index in [2.05, 4.69) is 9.98 Å². The number of hydrogen-bond donors (Lipinski definition) is 1. The smallest absolute Gasteiger partial charge is 0.141 e. The van der Waals surface area contributed by atoms with Gasteiger partial charge in [0.05, 0.1) is 12.1 Å². The number of pyridine rings is 1. The lowest BCUT2D eigenvalue weighted by atomic mass is 10.1. The van der Waals surface area contributed by atoms with Crippen molar-refractivity contribution in [2.24, 2.45) is 4.99 Å². The fraction of sp³-hybridized carbons (Fsp3) is 0.111. The van der Waals surface area contributed by atoms with Crippen molar-refractivity contribution in [2.45, 2.75) is 6.92 Å². The number of benzene rings is 2. The first kappa shape index (κ1) is 15.3. The second-order valence-corrected chi connectivity index (χ2v) is 5.26. The van der Waals surface area contributed by atoms with E-state index >= 15 is 0 Å². The van der Waals surface area contributed by atoms with Crippen molar-refractivity contribution >= 4 is 34.4 Å². The van der Waals surface area contributed by atoms with Crippen LogP contribution in [0.2, 0.25) is 5.15 Å². The molecule has 1 aromatic heterocycles. The highest BCUT2D eigenvalue weighted by Crippen LogP contribution is 2.27. The van der Waals surface area contributed by atoms with Gasteiger partial charge < -0.3 is 9.84 Å². The van der Waals surface area contributed by atoms with Gasteiger partial charge in [-0.2, -0.15) is 0 Å². The van der Waals surface area contributed by atoms with Crippen LogP contribution in [-0.2, 0) is 0 Å². The molecule has 0 saturated carbocycles. The number of hydrogen-bond acceptors (Lipinski definition) is 4. The Balaban J connectivity index is 1.99. The normalized spacial score (nSPS) is 11.2. The van der Waals surface area contributed by atoms with Gasteiger partial charge in [-0.25, -0.2) is 4.98 Å². The summed E-state index contributed by atoms with van der Waals surface area (Å²) < 4.78 is 5.50. The number of rotatable bonds is 4. The minimum absolute atomic E-state index is 0.118. The Bertz CT molecular complexity index is 878. The second-order valence-electron chi connectivity index (χ2n) is 4.90. The van der Waals surface area contributed by atoms with Crippen LogP contribution in [0.4, 0.5) is 5.69 Å². The summed E-state index contributed by atoms with van der Waals surface area (Å²) in [6.45, 7) is 2.54. The third-order valence-electron chi connectivity index (χ3n) is 3.30. The zero-order chi connectivity index (χ0) is 16.2. The van der Waals surface area contributed by atoms with Crippen molar-refractivity contribution in [1.82, 2.24) is 4.98 Å². The second kappa shape index (κ2) is 6.67. The van der Waals surface area contributed by atoms with Crippen LogP contribution in [0.5, 0.6) is 11.5 Å². The molecule has 1 N–H and O–H groups in total. The maximum Gasteiger partial charge on any atom is 0.141 e. The van der Waals surface area contributed by atoms with Gasteiger partial charge >= 0.3 is 0 Å². The van der Waals surface area contributed by atoms with Gasteiger partial charge in [-0.3, -0.25) is 4.99 Å². The molecule has 116 valence electrons. The van der Waals surface area contributed by atoms with Crippen LogP contribution in [0.1, 0.15) is 12.5 Å². The van der Waals surface area contributed by atoms with Crippen LogP contribution < -0.4 is 4.74 Å². The van der Waals surface area contributed by atoms with Crippen molar-refractivity contribution in [1.29, 1.82) is 0 Å². The van der Waals surface area contributed by atoms with Crippen molar-refractivity contribution in [3.63, 3.8) is 0 Å². The monoisotopic (exact) mass is 326 g/mol. The molecule has 0 aliphatic heterocycles. The summed E-state index contributed by atoms with van der Waals surface area (Å²) in [6, 6.07) is 14.4. The maximum absolute atomic E-state index is 9.75. The zero-order valence-electron chi connectivity index (χ0n) is 12.5. The number of para-hydroxylation sites is 2. The molecule has 0 atom stereocenters. The number of phenolic OH excluding ortho intramolecular Hbond substituents is 1. The van der Waals surface area contributed by atoms with Crippen LogP contribution in [0, 0.1) is 0 Å². The van der Waals surface area contributed by atoms with Crippen molar-refractivity contribution in [2.75, 3.05) is 6.61 Å². The third kappa shape index (κ3) is 3.43. The summed E-state index contributed by atoms with van der Waals surface area (Å²) in [4.78, 5) is 8.64. The van der Waals surface area contributed by atoms with Gasteiger partial charge in [-0.05, 0) is 43.3 Å². The van der Waals surface area contributed by atoms with Gasteiger partial charge in [0.1, 0.15) is 22.3 Å². The molecular weight excluding hydrogens is 312 g/mol. The number of phenols is 1. The summed E-state index contributed by atoms with van der Waals surface area (Å²) >= 11 is 6.21. The van der Waals surface area contributed by atoms with E-state index in [1.165, 1.54) is 0 Å². The fourth-order valence-corrected chi connectivity index (χ4v) is 2.40. The standard InChI is InChI=1S/C18H15ClN2O2/c1-2-23-14-7-8-15-12(10-14)9-13(18(19)21-15)11-20-16-5-3-4-6-17(16)22/h3-11,22H,2H2,1H3. The van der Waals surface area contributed by atoms with Crippen LogP contribution in [0.3, 0.4) is 0 Å². The minimum atomic E-state index is 0.118. The first-order valence-corrected chi connectivity index (χ1v) is 7.60. The summed E-state index contributed by atoms with van der Waals surface area (Å²) in [5.41, 5.74) is 1.95. The van der Waals surface area contributed by atoms with E-state index in [0.717, 1.165) is 16.7 Å². The molecule has 0 bridgehead atoms. The first-order chi connectivity index (χ1) is 11.2. The maximum atomic E-state index is 9.75. The lowest BCUT2D eigenvalue weighted by molar-refractivity contribution is 0.340. The third-order valence-corrected chi connectivity index (χ3v) is 3.61. The van der Waals surface area contributed by atoms with Gasteiger partial charge in [0, 0.05) is 17.2 Å². The molecule has 0 aliphatic carbocycles. The number of aromatic nitrogens is 1. The topological polar surface area (TPSA) is 54.7 Å². The molecule has 4 nitrogen and oxygen atoms in total. The highest BCUT2D eigenvalue weighted by atomic mass is 35.5. The lowest BCUT2D eigenvalue weighted by Gasteiger charge is -2.06. The highest BCUT2D eigenvalue weighted by molar-refractivity contribution is 6.32. The van der Waals surface area contributed by atoms with E-state index in [4.69, 9.17) is 16.3 Å². The van der Waals surface area contributed by atoms with Gasteiger partial charge in [0.15, 0.2) is 0 Å². The molecule has 23 heavy (non-hydrogen) atoms. The van der Waals surface area contributed by atoms with E-state index in [9.17, 15) is 5.11 Å². The van der Waals surface area contributed by atoms with E-state index in [0.29, 0.717) is 23.0 Å². The predicted molar refractivity (Wildman–Crippen MR) is 93.3 cm³/mol. The molecular formula is C18H15ClN2O2. The van der Waals surface area contributed by atoms with Crippen molar-refractivity contribution in [3.05, 3.63) is 59.2 Å². The largest absolute Gasteiger partial charge is 0.506 e. The van der Waals surface area contributed by atoms with Crippen LogP contribution >= 0.6 is 11.6 Å². The van der Waals surface area contributed by atoms with Crippen LogP contribution in [0.25, 0.3) is 10.9 Å². The van der Waals surface area contributed by atoms with Crippen LogP contribution in [0.15, 0.2) is 53.5 Å². The number of fused-ring (bicyclic) bond motifs is 1. The van der Waals surface area contributed by atoms with Gasteiger partial charge in [-0.1, -0.05) is 23.7 Å². The molecule has 5 heteroatoms. The van der Waals surface area contributed by atoms with Gasteiger partial charge in [-0.15, -0.1) is 0 Å². The zero-order valence-corrected chi connectivity index (χ0v) is 13.3. The summed E-state index contributed by atoms with van der Waals surface area (Å²) in [5, 5.41) is 11.0. The Hall–Kier alpha value is -2.59. The quantitative estimate of drug-likeness (QED) is 0.556. The first-order valence-electron chi connectivity index (χ1n) is 7.22. The number of nitrogens with zero attached hydrogens (tertiary/aromatic N) is 2. The number of ether oxygens (including phenoxy) is 1. The Morgan fingerprint density at radius 2 is 2.04 bits per heavy atom. The average Bonchev–Trinajstić information content (AvgIpc) is 2.55. The summed E-state index contributed by atoms with van der Waals surface area (Å²) in [6.07, 6.45) is 1.59. The lowest BCUT2D eigenvalue weighted by Crippen LogP contribution is -1.93. The minimum Gasteiger partial charge on any atom is -0.506 e. The van der Waals surface area contributed by atoms with Crippen LogP contribution in [-0.4, -0.2) is 22.9 Å². The molecule has 2 aromatic carbocycles. The Labute approximate surface area is 139 Å². The molecule has 0 unspecified atom stereocenters. The van der Waals surface area contributed by atoms with E-state index in [1.54, 1.807) is 30.5 Å². The predicted octanol–water partition coefficient (Wildman–Crippen LogP) is 4.74. The number of aromatic hydroxyl groups is 1. The molecule has 0 radical (unpaired) electrons. The van der Waals surface area contributed by atoms with Crippen molar-refractivity contribution < 1.29 is 9.84 Å². The summed E-state index contributed by atoms with van der Waals surface area (Å²) in [5.74, 6) is 0.903. The Morgan fingerprint density at radius 1 is 1.22 bits per heavy atom. The van der Waals surface area contributed by atoms with E-state index in [1.807, 2.05) is 31.2 Å². The molecule has 3 aromatic rings. The molecule has 0 aliphatic rings. The highest BCUT2D eigenvalue weighted by Gasteiger charge is 2.05. The van der Waals surface area contributed by atoms with Crippen molar-refractivity contribution in [3.8, 4) is 11.5 Å².